The lowest BCUT2D eigenvalue weighted by atomic mass is 10.1. The molecule has 0 aliphatic heterocycles. The molecule has 6 heteroatoms. The van der Waals surface area contributed by atoms with Crippen LogP contribution in [0.5, 0.6) is 0 Å². The Kier molecular flexibility index (Phi) is 3.38. The van der Waals surface area contributed by atoms with Crippen molar-refractivity contribution in [3.05, 3.63) is 20.8 Å². The molecule has 1 aromatic rings. The van der Waals surface area contributed by atoms with Gasteiger partial charge in [-0.25, -0.2) is 4.79 Å². The van der Waals surface area contributed by atoms with Crippen molar-refractivity contribution < 1.29 is 9.90 Å². The van der Waals surface area contributed by atoms with Crippen LogP contribution in [0.1, 0.15) is 25.0 Å². The van der Waals surface area contributed by atoms with Crippen LogP contribution >= 0.6 is 15.9 Å². The molecule has 0 aliphatic carbocycles. The molecule has 1 rings (SSSR count). The monoisotopic (exact) mass is 276 g/mol. The van der Waals surface area contributed by atoms with Crippen LogP contribution in [0, 0.1) is 0 Å². The normalized spacial score (nSPS) is 12.8. The van der Waals surface area contributed by atoms with E-state index in [4.69, 9.17) is 5.11 Å². The van der Waals surface area contributed by atoms with Gasteiger partial charge in [-0.15, -0.1) is 0 Å². The van der Waals surface area contributed by atoms with Crippen molar-refractivity contribution in [3.8, 4) is 0 Å². The van der Waals surface area contributed by atoms with Crippen LogP contribution in [0.25, 0.3) is 0 Å². The van der Waals surface area contributed by atoms with Crippen LogP contribution < -0.4 is 5.69 Å². The maximum absolute atomic E-state index is 11.5. The van der Waals surface area contributed by atoms with Crippen LogP contribution in [-0.2, 0) is 18.9 Å². The Bertz CT molecular complexity index is 447. The van der Waals surface area contributed by atoms with E-state index in [0.29, 0.717) is 10.3 Å². The maximum Gasteiger partial charge on any atom is 0.328 e. The number of halogens is 1. The largest absolute Gasteiger partial charge is 0.481 e. The van der Waals surface area contributed by atoms with Gasteiger partial charge in [0.1, 0.15) is 4.60 Å². The highest BCUT2D eigenvalue weighted by Gasteiger charge is 2.20. The topological polar surface area (TPSA) is 64.2 Å². The lowest BCUT2D eigenvalue weighted by molar-refractivity contribution is -0.137. The standard InChI is InChI=1S/C9H13BrN2O3/c1-5(4-6(13)14)7-8(10)12(3)9(15)11(7)2/h5H,4H2,1-3H3,(H,13,14). The molecule has 1 aromatic heterocycles. The van der Waals surface area contributed by atoms with Gasteiger partial charge in [0.15, 0.2) is 0 Å². The zero-order valence-corrected chi connectivity index (χ0v) is 10.4. The molecule has 0 radical (unpaired) electrons. The van der Waals surface area contributed by atoms with E-state index in [0.717, 1.165) is 0 Å². The molecular formula is C9H13BrN2O3. The molecule has 0 fully saturated rings. The van der Waals surface area contributed by atoms with Crippen molar-refractivity contribution in [2.45, 2.75) is 19.3 Å². The Morgan fingerprint density at radius 2 is 2.00 bits per heavy atom. The molecule has 15 heavy (non-hydrogen) atoms. The molecular weight excluding hydrogens is 264 g/mol. The smallest absolute Gasteiger partial charge is 0.328 e. The number of carbonyl (C=O) groups is 1. The predicted molar refractivity (Wildman–Crippen MR) is 59.0 cm³/mol. The first-order chi connectivity index (χ1) is 6.86. The van der Waals surface area contributed by atoms with E-state index in [1.165, 1.54) is 9.13 Å². The van der Waals surface area contributed by atoms with Gasteiger partial charge in [0, 0.05) is 20.0 Å². The first-order valence-electron chi connectivity index (χ1n) is 4.49. The molecule has 1 unspecified atom stereocenters. The van der Waals surface area contributed by atoms with Crippen LogP contribution in [-0.4, -0.2) is 20.2 Å². The van der Waals surface area contributed by atoms with Crippen molar-refractivity contribution in [3.63, 3.8) is 0 Å². The fourth-order valence-corrected chi connectivity index (χ4v) is 2.42. The molecule has 0 saturated carbocycles. The van der Waals surface area contributed by atoms with Gasteiger partial charge >= 0.3 is 11.7 Å². The number of aromatic nitrogens is 2. The second-order valence-corrected chi connectivity index (χ2v) is 4.33. The average Bonchev–Trinajstić information content (AvgIpc) is 2.30. The summed E-state index contributed by atoms with van der Waals surface area (Å²) in [4.78, 5) is 22.1. The van der Waals surface area contributed by atoms with Gasteiger partial charge in [0.05, 0.1) is 12.1 Å². The third kappa shape index (κ3) is 2.14. The van der Waals surface area contributed by atoms with E-state index in [2.05, 4.69) is 15.9 Å². The Morgan fingerprint density at radius 1 is 1.47 bits per heavy atom. The van der Waals surface area contributed by atoms with Gasteiger partial charge in [-0.1, -0.05) is 6.92 Å². The Balaban J connectivity index is 3.20. The minimum absolute atomic E-state index is 0.00981. The van der Waals surface area contributed by atoms with E-state index >= 15 is 0 Å². The summed E-state index contributed by atoms with van der Waals surface area (Å²) in [6.07, 6.45) is 0.00981. The SMILES string of the molecule is CC(CC(=O)O)c1c(Br)n(C)c(=O)n1C. The minimum atomic E-state index is -0.870. The van der Waals surface area contributed by atoms with Crippen molar-refractivity contribution in [2.24, 2.45) is 14.1 Å². The number of rotatable bonds is 3. The molecule has 0 bridgehead atoms. The molecule has 0 saturated heterocycles. The first-order valence-corrected chi connectivity index (χ1v) is 5.28. The number of nitrogens with zero attached hydrogens (tertiary/aromatic N) is 2. The molecule has 0 aromatic carbocycles. The van der Waals surface area contributed by atoms with E-state index in [9.17, 15) is 9.59 Å². The lowest BCUT2D eigenvalue weighted by Gasteiger charge is -2.09. The van der Waals surface area contributed by atoms with Crippen LogP contribution in [0.2, 0.25) is 0 Å². The maximum atomic E-state index is 11.5. The second kappa shape index (κ2) is 4.22. The Morgan fingerprint density at radius 3 is 2.33 bits per heavy atom. The van der Waals surface area contributed by atoms with Gasteiger partial charge in [-0.2, -0.15) is 0 Å². The fourth-order valence-electron chi connectivity index (χ4n) is 1.61. The molecule has 0 spiro atoms. The van der Waals surface area contributed by atoms with Crippen molar-refractivity contribution in [1.82, 2.24) is 9.13 Å². The average molecular weight is 277 g/mol. The highest BCUT2D eigenvalue weighted by atomic mass is 79.9. The summed E-state index contributed by atoms with van der Waals surface area (Å²) in [6.45, 7) is 1.79. The first kappa shape index (κ1) is 12.0. The quantitative estimate of drug-likeness (QED) is 0.898. The Labute approximate surface area is 95.5 Å². The summed E-state index contributed by atoms with van der Waals surface area (Å²) in [5, 5.41) is 8.69. The van der Waals surface area contributed by atoms with Crippen LogP contribution in [0.15, 0.2) is 9.40 Å². The van der Waals surface area contributed by atoms with Crippen LogP contribution in [0.4, 0.5) is 0 Å². The highest BCUT2D eigenvalue weighted by molar-refractivity contribution is 9.10. The molecule has 1 atom stereocenters. The molecule has 1 heterocycles. The van der Waals surface area contributed by atoms with E-state index < -0.39 is 5.97 Å². The summed E-state index contributed by atoms with van der Waals surface area (Å²) in [7, 11) is 3.28. The lowest BCUT2D eigenvalue weighted by Crippen LogP contribution is -2.21. The van der Waals surface area contributed by atoms with Gasteiger partial charge < -0.3 is 5.11 Å². The molecule has 84 valence electrons. The van der Waals surface area contributed by atoms with Gasteiger partial charge in [-0.3, -0.25) is 13.9 Å². The van der Waals surface area contributed by atoms with Crippen molar-refractivity contribution in [1.29, 1.82) is 0 Å². The number of aliphatic carboxylic acids is 1. The zero-order valence-electron chi connectivity index (χ0n) is 8.82. The third-order valence-corrected chi connectivity index (χ3v) is 3.33. The number of carboxylic acid groups (broad SMARTS) is 1. The fraction of sp³-hybridized carbons (Fsp3) is 0.556. The summed E-state index contributed by atoms with van der Waals surface area (Å²) in [5.41, 5.74) is 0.555. The number of hydrogen-bond acceptors (Lipinski definition) is 2. The molecule has 0 aliphatic rings. The number of hydrogen-bond donors (Lipinski definition) is 1. The highest BCUT2D eigenvalue weighted by Crippen LogP contribution is 2.25. The van der Waals surface area contributed by atoms with Gasteiger partial charge in [0.25, 0.3) is 0 Å². The third-order valence-electron chi connectivity index (χ3n) is 2.39. The Hall–Kier alpha value is -1.04. The van der Waals surface area contributed by atoms with Crippen LogP contribution in [0.3, 0.4) is 0 Å². The summed E-state index contributed by atoms with van der Waals surface area (Å²) >= 11 is 3.29. The minimum Gasteiger partial charge on any atom is -0.481 e. The van der Waals surface area contributed by atoms with E-state index in [1.807, 2.05) is 0 Å². The van der Waals surface area contributed by atoms with Crippen molar-refractivity contribution in [2.75, 3.05) is 0 Å². The zero-order chi connectivity index (χ0) is 11.7. The summed E-state index contributed by atoms with van der Waals surface area (Å²) in [5.74, 6) is -1.07. The molecule has 5 nitrogen and oxygen atoms in total. The van der Waals surface area contributed by atoms with Gasteiger partial charge in [0.2, 0.25) is 0 Å². The van der Waals surface area contributed by atoms with Gasteiger partial charge in [-0.05, 0) is 15.9 Å². The second-order valence-electron chi connectivity index (χ2n) is 3.58. The van der Waals surface area contributed by atoms with Crippen molar-refractivity contribution >= 4 is 21.9 Å². The number of imidazole rings is 1. The molecule has 1 N–H and O–H groups in total. The summed E-state index contributed by atoms with van der Waals surface area (Å²) in [6, 6.07) is 0. The summed E-state index contributed by atoms with van der Waals surface area (Å²) < 4.78 is 3.56. The molecule has 0 amide bonds. The van der Waals surface area contributed by atoms with E-state index in [-0.39, 0.29) is 18.0 Å². The predicted octanol–water partition coefficient (Wildman–Crippen LogP) is 1.06. The van der Waals surface area contributed by atoms with E-state index in [1.54, 1.807) is 21.0 Å². The number of carboxylic acids is 1.